The van der Waals surface area contributed by atoms with Gasteiger partial charge in [0.05, 0.1) is 13.0 Å². The maximum absolute atomic E-state index is 13.7. The van der Waals surface area contributed by atoms with Gasteiger partial charge in [0, 0.05) is 0 Å². The van der Waals surface area contributed by atoms with Crippen LogP contribution in [0.5, 0.6) is 0 Å². The molecule has 0 radical (unpaired) electrons. The number of ether oxygens (including phenoxy) is 1. The van der Waals surface area contributed by atoms with Gasteiger partial charge in [-0.3, -0.25) is 4.79 Å². The van der Waals surface area contributed by atoms with E-state index in [0.717, 1.165) is 0 Å². The predicted molar refractivity (Wildman–Crippen MR) is 80.7 cm³/mol. The van der Waals surface area contributed by atoms with Gasteiger partial charge in [0.25, 0.3) is 0 Å². The van der Waals surface area contributed by atoms with Crippen LogP contribution in [0.2, 0.25) is 0 Å². The van der Waals surface area contributed by atoms with E-state index in [9.17, 15) is 92.6 Å². The number of hydrogen-bond donors (Lipinski definition) is 0. The standard InChI is InChI=1S/C16H12F20O2/c1-3-7(2,15(31,32)33)6(37)38-5-4-8(17,18)9(19,20)10(21,22)11(23,24)12(25,26)13(27,28)14(29,30)16(34,35)36/h3-5H2,1-2H3. The average molecular weight is 616 g/mol. The van der Waals surface area contributed by atoms with Crippen LogP contribution >= 0.6 is 0 Å². The number of alkyl halides is 20. The van der Waals surface area contributed by atoms with Gasteiger partial charge in [0.15, 0.2) is 5.41 Å². The molecule has 0 aromatic carbocycles. The molecule has 38 heavy (non-hydrogen) atoms. The van der Waals surface area contributed by atoms with Gasteiger partial charge < -0.3 is 4.74 Å². The highest BCUT2D eigenvalue weighted by Crippen LogP contribution is 2.64. The molecule has 0 saturated heterocycles. The fourth-order valence-electron chi connectivity index (χ4n) is 2.25. The summed E-state index contributed by atoms with van der Waals surface area (Å²) in [7, 11) is 0. The second-order valence-corrected chi connectivity index (χ2v) is 7.72. The zero-order valence-electron chi connectivity index (χ0n) is 18.0. The minimum atomic E-state index is -8.80. The summed E-state index contributed by atoms with van der Waals surface area (Å²) in [6, 6.07) is 0. The Bertz CT molecular complexity index is 854. The molecule has 228 valence electrons. The maximum atomic E-state index is 13.7. The minimum Gasteiger partial charge on any atom is -0.465 e. The minimum absolute atomic E-state index is 0.0791. The van der Waals surface area contributed by atoms with Gasteiger partial charge in [-0.1, -0.05) is 6.92 Å². The first-order valence-corrected chi connectivity index (χ1v) is 9.14. The number of rotatable bonds is 11. The van der Waals surface area contributed by atoms with Crippen molar-refractivity contribution in [3.05, 3.63) is 0 Å². The Balaban J connectivity index is 6.30. The summed E-state index contributed by atoms with van der Waals surface area (Å²) in [5, 5.41) is 0. The topological polar surface area (TPSA) is 26.3 Å². The molecule has 0 aromatic rings. The largest absolute Gasteiger partial charge is 0.465 e. The first-order chi connectivity index (χ1) is 16.2. The Labute approximate surface area is 197 Å². The molecule has 0 aromatic heterocycles. The normalized spacial score (nSPS) is 17.3. The van der Waals surface area contributed by atoms with Crippen LogP contribution in [-0.2, 0) is 9.53 Å². The summed E-state index contributed by atoms with van der Waals surface area (Å²) in [4.78, 5) is 11.5. The van der Waals surface area contributed by atoms with Crippen molar-refractivity contribution >= 4 is 5.97 Å². The van der Waals surface area contributed by atoms with E-state index in [0.29, 0.717) is 6.92 Å². The molecule has 0 aliphatic carbocycles. The SMILES string of the molecule is CCC(C)(C(=O)OCCC(F)(F)C(F)(F)C(F)(F)C(F)(F)C(F)(F)C(F)(F)C(F)(F)C(F)(F)F)C(F)(F)F. The van der Waals surface area contributed by atoms with E-state index in [4.69, 9.17) is 0 Å². The molecule has 0 saturated carbocycles. The molecule has 2 nitrogen and oxygen atoms in total. The van der Waals surface area contributed by atoms with Crippen LogP contribution in [-0.4, -0.2) is 66.4 Å². The van der Waals surface area contributed by atoms with E-state index >= 15 is 0 Å². The van der Waals surface area contributed by atoms with E-state index in [1.165, 1.54) is 0 Å². The van der Waals surface area contributed by atoms with Gasteiger partial charge in [-0.15, -0.1) is 0 Å². The number of hydrogen-bond acceptors (Lipinski definition) is 2. The van der Waals surface area contributed by atoms with Crippen molar-refractivity contribution in [3.63, 3.8) is 0 Å². The molecule has 1 atom stereocenters. The van der Waals surface area contributed by atoms with Crippen LogP contribution < -0.4 is 0 Å². The maximum Gasteiger partial charge on any atom is 0.460 e. The molecule has 1 unspecified atom stereocenters. The fourth-order valence-corrected chi connectivity index (χ4v) is 2.25. The smallest absolute Gasteiger partial charge is 0.460 e. The van der Waals surface area contributed by atoms with E-state index in [1.54, 1.807) is 0 Å². The van der Waals surface area contributed by atoms with Gasteiger partial charge in [-0.2, -0.15) is 87.8 Å². The summed E-state index contributed by atoms with van der Waals surface area (Å²) in [6.07, 6.45) is -17.8. The lowest BCUT2D eigenvalue weighted by Gasteiger charge is -2.42. The molecule has 0 spiro atoms. The van der Waals surface area contributed by atoms with Crippen LogP contribution in [0.1, 0.15) is 26.7 Å². The summed E-state index contributed by atoms with van der Waals surface area (Å²) < 4.78 is 265. The summed E-state index contributed by atoms with van der Waals surface area (Å²) in [5.41, 5.74) is -3.53. The molecule has 22 heteroatoms. The lowest BCUT2D eigenvalue weighted by molar-refractivity contribution is -0.461. The van der Waals surface area contributed by atoms with Crippen molar-refractivity contribution in [1.29, 1.82) is 0 Å². The molecule has 0 heterocycles. The van der Waals surface area contributed by atoms with Crippen molar-refractivity contribution in [2.75, 3.05) is 6.61 Å². The second-order valence-electron chi connectivity index (χ2n) is 7.72. The van der Waals surface area contributed by atoms with Crippen molar-refractivity contribution in [3.8, 4) is 0 Å². The van der Waals surface area contributed by atoms with Crippen LogP contribution in [0, 0.1) is 5.41 Å². The predicted octanol–water partition coefficient (Wildman–Crippen LogP) is 7.91. The number of carbonyl (C=O) groups excluding carboxylic acids is 1. The van der Waals surface area contributed by atoms with Gasteiger partial charge in [-0.25, -0.2) is 0 Å². The summed E-state index contributed by atoms with van der Waals surface area (Å²) >= 11 is 0. The Hall–Kier alpha value is -1.93. The molecule has 0 aliphatic rings. The van der Waals surface area contributed by atoms with E-state index in [-0.39, 0.29) is 6.92 Å². The third-order valence-corrected chi connectivity index (χ3v) is 5.22. The highest BCUT2D eigenvalue weighted by atomic mass is 19.4. The molecule has 0 aliphatic heterocycles. The Morgan fingerprint density at radius 3 is 1.13 bits per heavy atom. The Kier molecular flexibility index (Phi) is 9.13. The molecule has 0 bridgehead atoms. The zero-order chi connectivity index (χ0) is 31.4. The molecule has 0 amide bonds. The van der Waals surface area contributed by atoms with Crippen LogP contribution in [0.4, 0.5) is 87.8 Å². The van der Waals surface area contributed by atoms with Gasteiger partial charge in [-0.05, 0) is 13.3 Å². The van der Waals surface area contributed by atoms with E-state index < -0.39 is 84.6 Å². The summed E-state index contributed by atoms with van der Waals surface area (Å²) in [6.45, 7) is -1.71. The van der Waals surface area contributed by atoms with Crippen molar-refractivity contribution in [2.45, 2.75) is 80.5 Å². The molecular formula is C16H12F20O2. The molecule has 0 fully saturated rings. The van der Waals surface area contributed by atoms with Crippen LogP contribution in [0.25, 0.3) is 0 Å². The van der Waals surface area contributed by atoms with E-state index in [1.807, 2.05) is 0 Å². The molecule has 0 rings (SSSR count). The highest BCUT2D eigenvalue weighted by Gasteiger charge is 2.95. The second kappa shape index (κ2) is 9.61. The van der Waals surface area contributed by atoms with Crippen molar-refractivity contribution in [1.82, 2.24) is 0 Å². The third kappa shape index (κ3) is 5.03. The molecular weight excluding hydrogens is 604 g/mol. The monoisotopic (exact) mass is 616 g/mol. The Morgan fingerprint density at radius 2 is 0.842 bits per heavy atom. The number of halogens is 20. The molecule has 0 N–H and O–H groups in total. The first kappa shape index (κ1) is 36.1. The van der Waals surface area contributed by atoms with Gasteiger partial charge >= 0.3 is 59.8 Å². The lowest BCUT2D eigenvalue weighted by Crippen LogP contribution is -2.74. The average Bonchev–Trinajstić information content (AvgIpc) is 2.70. The number of carbonyl (C=O) groups is 1. The third-order valence-electron chi connectivity index (χ3n) is 5.22. The highest BCUT2D eigenvalue weighted by molar-refractivity contribution is 5.77. The zero-order valence-corrected chi connectivity index (χ0v) is 18.0. The van der Waals surface area contributed by atoms with Crippen LogP contribution in [0.3, 0.4) is 0 Å². The first-order valence-electron chi connectivity index (χ1n) is 9.14. The fraction of sp³-hybridized carbons (Fsp3) is 0.938. The van der Waals surface area contributed by atoms with Crippen LogP contribution in [0.15, 0.2) is 0 Å². The van der Waals surface area contributed by atoms with Gasteiger partial charge in [0.2, 0.25) is 0 Å². The lowest BCUT2D eigenvalue weighted by atomic mass is 9.87. The quantitative estimate of drug-likeness (QED) is 0.174. The van der Waals surface area contributed by atoms with Crippen molar-refractivity contribution < 1.29 is 97.3 Å². The van der Waals surface area contributed by atoms with E-state index in [2.05, 4.69) is 4.74 Å². The van der Waals surface area contributed by atoms with Gasteiger partial charge in [0.1, 0.15) is 0 Å². The Morgan fingerprint density at radius 1 is 0.526 bits per heavy atom. The number of esters is 1. The van der Waals surface area contributed by atoms with Crippen molar-refractivity contribution in [2.24, 2.45) is 5.41 Å². The summed E-state index contributed by atoms with van der Waals surface area (Å²) in [5.74, 6) is -60.5.